The summed E-state index contributed by atoms with van der Waals surface area (Å²) in [5.41, 5.74) is 0.858. The molecule has 0 aliphatic heterocycles. The molecule has 2 aromatic carbocycles. The molecule has 0 aliphatic carbocycles. The van der Waals surface area contributed by atoms with Crippen LogP contribution in [0.25, 0.3) is 0 Å². The molecule has 1 amide bonds. The molecule has 0 aliphatic rings. The summed E-state index contributed by atoms with van der Waals surface area (Å²) in [5, 5.41) is 8.45. The van der Waals surface area contributed by atoms with Crippen LogP contribution in [-0.2, 0) is 0 Å². The number of amides is 1. The quantitative estimate of drug-likeness (QED) is 0.271. The van der Waals surface area contributed by atoms with Crippen molar-refractivity contribution in [3.8, 4) is 23.0 Å². The van der Waals surface area contributed by atoms with Crippen LogP contribution in [-0.4, -0.2) is 49.4 Å². The van der Waals surface area contributed by atoms with Crippen molar-refractivity contribution >= 4 is 63.7 Å². The van der Waals surface area contributed by atoms with E-state index in [2.05, 4.69) is 16.0 Å². The molecule has 0 saturated carbocycles. The van der Waals surface area contributed by atoms with E-state index >= 15 is 0 Å². The highest BCUT2D eigenvalue weighted by Gasteiger charge is 2.35. The second-order valence-electron chi connectivity index (χ2n) is 6.19. The Hall–Kier alpha value is -2.33. The van der Waals surface area contributed by atoms with Crippen LogP contribution in [0.4, 0.5) is 5.69 Å². The molecule has 1 atom stereocenters. The largest absolute Gasteiger partial charge is 0.497 e. The first-order chi connectivity index (χ1) is 15.1. The predicted octanol–water partition coefficient (Wildman–Crippen LogP) is 4.13. The second-order valence-corrected chi connectivity index (χ2v) is 8.97. The van der Waals surface area contributed by atoms with E-state index in [1.54, 1.807) is 31.4 Å². The minimum atomic E-state index is -1.93. The molecule has 32 heavy (non-hydrogen) atoms. The summed E-state index contributed by atoms with van der Waals surface area (Å²) in [4.78, 5) is 12.9. The predicted molar refractivity (Wildman–Crippen MR) is 130 cm³/mol. The van der Waals surface area contributed by atoms with Gasteiger partial charge >= 0.3 is 0 Å². The Bertz CT molecular complexity index is 929. The van der Waals surface area contributed by atoms with E-state index in [1.807, 2.05) is 0 Å². The zero-order valence-corrected chi connectivity index (χ0v) is 20.7. The van der Waals surface area contributed by atoms with Gasteiger partial charge in [0, 0.05) is 11.3 Å². The van der Waals surface area contributed by atoms with Gasteiger partial charge in [-0.05, 0) is 48.6 Å². The number of halogens is 3. The van der Waals surface area contributed by atoms with Gasteiger partial charge in [0.1, 0.15) is 11.9 Å². The molecule has 0 radical (unpaired) electrons. The summed E-state index contributed by atoms with van der Waals surface area (Å²) in [5.74, 6) is 1.05. The molecule has 12 heteroatoms. The lowest BCUT2D eigenvalue weighted by Gasteiger charge is -2.28. The number of carbonyl (C=O) groups excluding carboxylic acids is 1. The molecule has 174 valence electrons. The monoisotopic (exact) mass is 521 g/mol. The van der Waals surface area contributed by atoms with Crippen molar-refractivity contribution in [1.82, 2.24) is 10.6 Å². The summed E-state index contributed by atoms with van der Waals surface area (Å²) in [6.07, 6.45) is -1.17. The zero-order chi connectivity index (χ0) is 23.9. The average Bonchev–Trinajstić information content (AvgIpc) is 2.77. The van der Waals surface area contributed by atoms with E-state index in [1.165, 1.54) is 33.5 Å². The highest BCUT2D eigenvalue weighted by Crippen LogP contribution is 2.38. The zero-order valence-electron chi connectivity index (χ0n) is 17.6. The van der Waals surface area contributed by atoms with Crippen LogP contribution in [0.3, 0.4) is 0 Å². The molecule has 0 aromatic heterocycles. The minimum absolute atomic E-state index is 0.122. The number of anilines is 1. The smallest absolute Gasteiger partial charge is 0.253 e. The fourth-order valence-electron chi connectivity index (χ4n) is 2.60. The van der Waals surface area contributed by atoms with Crippen LogP contribution in [0.1, 0.15) is 10.4 Å². The number of hydrogen-bond acceptors (Lipinski definition) is 6. The lowest BCUT2D eigenvalue weighted by atomic mass is 10.1. The fourth-order valence-corrected chi connectivity index (χ4v) is 3.16. The standard InChI is InChI=1S/C20H22Cl3N3O5S/c1-28-13-7-5-12(6-8-13)24-19(32)26-18(20(21,22)23)25-17(27)11-9-14(29-2)16(31-4)15(10-11)30-3/h5-10,18H,1-4H3,(H,25,27)(H2,24,26,32). The fraction of sp³-hybridized carbons (Fsp3) is 0.300. The summed E-state index contributed by atoms with van der Waals surface area (Å²) in [6.45, 7) is 0. The van der Waals surface area contributed by atoms with Crippen LogP contribution in [0.5, 0.6) is 23.0 Å². The maximum Gasteiger partial charge on any atom is 0.253 e. The van der Waals surface area contributed by atoms with Crippen molar-refractivity contribution in [1.29, 1.82) is 0 Å². The van der Waals surface area contributed by atoms with Crippen molar-refractivity contribution in [2.24, 2.45) is 0 Å². The van der Waals surface area contributed by atoms with E-state index in [9.17, 15) is 4.79 Å². The van der Waals surface area contributed by atoms with E-state index in [4.69, 9.17) is 66.0 Å². The molecule has 0 fully saturated rings. The first-order valence-electron chi connectivity index (χ1n) is 9.02. The minimum Gasteiger partial charge on any atom is -0.497 e. The van der Waals surface area contributed by atoms with Crippen LogP contribution >= 0.6 is 47.0 Å². The average molecular weight is 523 g/mol. The van der Waals surface area contributed by atoms with E-state index in [0.717, 1.165) is 0 Å². The Morgan fingerprint density at radius 1 is 0.906 bits per heavy atom. The molecular formula is C20H22Cl3N3O5S. The molecular weight excluding hydrogens is 501 g/mol. The van der Waals surface area contributed by atoms with Gasteiger partial charge in [-0.15, -0.1) is 0 Å². The van der Waals surface area contributed by atoms with Gasteiger partial charge in [0.05, 0.1) is 28.4 Å². The summed E-state index contributed by atoms with van der Waals surface area (Å²) >= 11 is 23.5. The highest BCUT2D eigenvalue weighted by molar-refractivity contribution is 7.80. The molecule has 0 saturated heterocycles. The van der Waals surface area contributed by atoms with Gasteiger partial charge in [-0.1, -0.05) is 34.8 Å². The summed E-state index contributed by atoms with van der Waals surface area (Å²) in [6, 6.07) is 9.96. The van der Waals surface area contributed by atoms with E-state index in [-0.39, 0.29) is 10.7 Å². The maximum atomic E-state index is 12.9. The summed E-state index contributed by atoms with van der Waals surface area (Å²) < 4.78 is 19.0. The van der Waals surface area contributed by atoms with Crippen LogP contribution in [0.15, 0.2) is 36.4 Å². The van der Waals surface area contributed by atoms with Gasteiger partial charge in [-0.3, -0.25) is 4.79 Å². The van der Waals surface area contributed by atoms with Crippen LogP contribution < -0.4 is 34.9 Å². The Balaban J connectivity index is 2.18. The lowest BCUT2D eigenvalue weighted by Crippen LogP contribution is -2.56. The number of ether oxygens (including phenoxy) is 4. The molecule has 2 rings (SSSR count). The van der Waals surface area contributed by atoms with Gasteiger partial charge < -0.3 is 34.9 Å². The normalized spacial score (nSPS) is 11.7. The Morgan fingerprint density at radius 3 is 1.91 bits per heavy atom. The van der Waals surface area contributed by atoms with Gasteiger partial charge in [0.2, 0.25) is 9.54 Å². The third-order valence-corrected chi connectivity index (χ3v) is 5.03. The number of rotatable bonds is 8. The van der Waals surface area contributed by atoms with Gasteiger partial charge in [-0.25, -0.2) is 0 Å². The highest BCUT2D eigenvalue weighted by atomic mass is 35.6. The molecule has 1 unspecified atom stereocenters. The summed E-state index contributed by atoms with van der Waals surface area (Å²) in [7, 11) is 5.90. The third kappa shape index (κ3) is 6.83. The molecule has 0 spiro atoms. The topological polar surface area (TPSA) is 90.1 Å². The van der Waals surface area contributed by atoms with Gasteiger partial charge in [0.25, 0.3) is 5.91 Å². The third-order valence-electron chi connectivity index (χ3n) is 4.15. The maximum absolute atomic E-state index is 12.9. The van der Waals surface area contributed by atoms with Crippen molar-refractivity contribution in [3.05, 3.63) is 42.0 Å². The number of hydrogen-bond donors (Lipinski definition) is 3. The van der Waals surface area contributed by atoms with Crippen molar-refractivity contribution < 1.29 is 23.7 Å². The number of benzene rings is 2. The first kappa shape index (κ1) is 25.9. The van der Waals surface area contributed by atoms with Crippen molar-refractivity contribution in [2.75, 3.05) is 33.8 Å². The molecule has 3 N–H and O–H groups in total. The number of carbonyl (C=O) groups is 1. The molecule has 8 nitrogen and oxygen atoms in total. The van der Waals surface area contributed by atoms with Crippen molar-refractivity contribution in [3.63, 3.8) is 0 Å². The van der Waals surface area contributed by atoms with E-state index in [0.29, 0.717) is 28.7 Å². The van der Waals surface area contributed by atoms with Gasteiger partial charge in [0.15, 0.2) is 16.6 Å². The number of thiocarbonyl (C=S) groups is 1. The van der Waals surface area contributed by atoms with Gasteiger partial charge in [-0.2, -0.15) is 0 Å². The number of methoxy groups -OCH3 is 4. The molecule has 0 heterocycles. The van der Waals surface area contributed by atoms with Crippen LogP contribution in [0, 0.1) is 0 Å². The lowest BCUT2D eigenvalue weighted by molar-refractivity contribution is 0.0933. The first-order valence-corrected chi connectivity index (χ1v) is 10.6. The number of alkyl halides is 3. The van der Waals surface area contributed by atoms with Crippen molar-refractivity contribution in [2.45, 2.75) is 9.96 Å². The second kappa shape index (κ2) is 11.5. The Kier molecular flexibility index (Phi) is 9.33. The Labute approximate surface area is 206 Å². The SMILES string of the molecule is COc1ccc(NC(=S)NC(NC(=O)c2cc(OC)c(OC)c(OC)c2)C(Cl)(Cl)Cl)cc1. The number of nitrogens with one attached hydrogen (secondary N) is 3. The van der Waals surface area contributed by atoms with Crippen LogP contribution in [0.2, 0.25) is 0 Å². The van der Waals surface area contributed by atoms with E-state index < -0.39 is 15.9 Å². The molecule has 2 aromatic rings. The Morgan fingerprint density at radius 2 is 1.47 bits per heavy atom. The molecule has 0 bridgehead atoms.